The van der Waals surface area contributed by atoms with Crippen molar-refractivity contribution < 1.29 is 4.74 Å². The van der Waals surface area contributed by atoms with Crippen molar-refractivity contribution in [3.05, 3.63) is 35.4 Å². The summed E-state index contributed by atoms with van der Waals surface area (Å²) in [6.45, 7) is 12.8. The summed E-state index contributed by atoms with van der Waals surface area (Å²) in [6, 6.07) is 9.28. The second-order valence-corrected chi connectivity index (χ2v) is 6.09. The highest BCUT2D eigenvalue weighted by Gasteiger charge is 2.26. The first-order valence-corrected chi connectivity index (χ1v) is 8.57. The van der Waals surface area contributed by atoms with E-state index in [1.165, 1.54) is 17.5 Å². The molecule has 0 heterocycles. The van der Waals surface area contributed by atoms with Crippen LogP contribution >= 0.6 is 0 Å². The van der Waals surface area contributed by atoms with Crippen LogP contribution in [0.1, 0.15) is 64.6 Å². The molecule has 1 aromatic carbocycles. The summed E-state index contributed by atoms with van der Waals surface area (Å²) >= 11 is 0. The lowest BCUT2D eigenvalue weighted by molar-refractivity contribution is 0.00282. The number of rotatable bonds is 10. The van der Waals surface area contributed by atoms with Gasteiger partial charge in [-0.05, 0) is 43.4 Å². The molecular weight excluding hydrogens is 258 g/mol. The Balaban J connectivity index is 3.01. The molecule has 0 bridgehead atoms. The number of ether oxygens (including phenoxy) is 1. The minimum atomic E-state index is 0.221. The van der Waals surface area contributed by atoms with Gasteiger partial charge in [0.1, 0.15) is 0 Å². The van der Waals surface area contributed by atoms with E-state index in [2.05, 4.69) is 64.2 Å². The first-order valence-electron chi connectivity index (χ1n) is 8.57. The SMILES string of the molecule is CCCNC(c1cccc(CCC)c1)C(OCC)C(C)C. The van der Waals surface area contributed by atoms with E-state index in [0.717, 1.165) is 26.0 Å². The number of nitrogens with one attached hydrogen (secondary N) is 1. The van der Waals surface area contributed by atoms with Gasteiger partial charge in [0.05, 0.1) is 12.1 Å². The summed E-state index contributed by atoms with van der Waals surface area (Å²) in [6.07, 6.45) is 3.70. The molecule has 0 aliphatic carbocycles. The van der Waals surface area contributed by atoms with Crippen molar-refractivity contribution in [3.63, 3.8) is 0 Å². The van der Waals surface area contributed by atoms with Gasteiger partial charge in [0, 0.05) is 6.61 Å². The molecule has 0 fully saturated rings. The molecule has 120 valence electrons. The summed E-state index contributed by atoms with van der Waals surface area (Å²) < 4.78 is 6.05. The van der Waals surface area contributed by atoms with Crippen LogP contribution < -0.4 is 5.32 Å². The predicted molar refractivity (Wildman–Crippen MR) is 91.7 cm³/mol. The summed E-state index contributed by atoms with van der Waals surface area (Å²) in [4.78, 5) is 0. The highest BCUT2D eigenvalue weighted by atomic mass is 16.5. The van der Waals surface area contributed by atoms with Crippen LogP contribution in [-0.2, 0) is 11.2 Å². The quantitative estimate of drug-likeness (QED) is 0.672. The van der Waals surface area contributed by atoms with Gasteiger partial charge in [0.25, 0.3) is 0 Å². The van der Waals surface area contributed by atoms with E-state index in [9.17, 15) is 0 Å². The van der Waals surface area contributed by atoms with Crippen molar-refractivity contribution in [3.8, 4) is 0 Å². The zero-order chi connectivity index (χ0) is 15.7. The van der Waals surface area contributed by atoms with E-state index in [1.807, 2.05) is 0 Å². The van der Waals surface area contributed by atoms with Crippen molar-refractivity contribution in [1.82, 2.24) is 5.32 Å². The first kappa shape index (κ1) is 18.2. The fourth-order valence-electron chi connectivity index (χ4n) is 2.82. The Labute approximate surface area is 131 Å². The maximum Gasteiger partial charge on any atom is 0.0792 e. The predicted octanol–water partition coefficient (Wildman–Crippen LogP) is 4.74. The minimum absolute atomic E-state index is 0.221. The molecule has 0 aliphatic rings. The van der Waals surface area contributed by atoms with Crippen LogP contribution in [0.4, 0.5) is 0 Å². The Morgan fingerprint density at radius 3 is 2.43 bits per heavy atom. The van der Waals surface area contributed by atoms with Gasteiger partial charge in [-0.2, -0.15) is 0 Å². The standard InChI is InChI=1S/C19H33NO/c1-6-10-16-11-9-12-17(14-16)18(20-13-7-2)19(15(4)5)21-8-3/h9,11-12,14-15,18-20H,6-8,10,13H2,1-5H3. The second kappa shape index (κ2) is 9.97. The molecular formula is C19H33NO. The molecule has 21 heavy (non-hydrogen) atoms. The molecule has 0 spiro atoms. The Bertz CT molecular complexity index is 389. The molecule has 0 aliphatic heterocycles. The third-order valence-electron chi connectivity index (χ3n) is 3.81. The van der Waals surface area contributed by atoms with Gasteiger partial charge in [0.2, 0.25) is 0 Å². The van der Waals surface area contributed by atoms with Crippen LogP contribution in [0.2, 0.25) is 0 Å². The summed E-state index contributed by atoms with van der Waals surface area (Å²) in [5, 5.41) is 3.70. The lowest BCUT2D eigenvalue weighted by atomic mass is 9.91. The normalized spacial score (nSPS) is 14.4. The largest absolute Gasteiger partial charge is 0.376 e. The van der Waals surface area contributed by atoms with Crippen LogP contribution in [0.25, 0.3) is 0 Å². The zero-order valence-electron chi connectivity index (χ0n) is 14.5. The van der Waals surface area contributed by atoms with E-state index in [-0.39, 0.29) is 12.1 Å². The van der Waals surface area contributed by atoms with Crippen LogP contribution in [0.3, 0.4) is 0 Å². The molecule has 2 atom stereocenters. The van der Waals surface area contributed by atoms with Gasteiger partial charge in [-0.15, -0.1) is 0 Å². The highest BCUT2D eigenvalue weighted by Crippen LogP contribution is 2.26. The highest BCUT2D eigenvalue weighted by molar-refractivity contribution is 5.27. The van der Waals surface area contributed by atoms with Crippen LogP contribution in [0.15, 0.2) is 24.3 Å². The summed E-state index contributed by atoms with van der Waals surface area (Å²) in [5.41, 5.74) is 2.79. The molecule has 2 heteroatoms. The van der Waals surface area contributed by atoms with Crippen LogP contribution in [-0.4, -0.2) is 19.3 Å². The number of hydrogen-bond acceptors (Lipinski definition) is 2. The minimum Gasteiger partial charge on any atom is -0.376 e. The smallest absolute Gasteiger partial charge is 0.0792 e. The van der Waals surface area contributed by atoms with Crippen molar-refractivity contribution >= 4 is 0 Å². The van der Waals surface area contributed by atoms with Gasteiger partial charge in [-0.1, -0.05) is 58.4 Å². The third kappa shape index (κ3) is 5.80. The summed E-state index contributed by atoms with van der Waals surface area (Å²) in [7, 11) is 0. The molecule has 2 nitrogen and oxygen atoms in total. The maximum atomic E-state index is 6.05. The molecule has 0 saturated heterocycles. The molecule has 0 radical (unpaired) electrons. The molecule has 1 rings (SSSR count). The molecule has 0 saturated carbocycles. The zero-order valence-corrected chi connectivity index (χ0v) is 14.5. The Morgan fingerprint density at radius 1 is 1.10 bits per heavy atom. The fourth-order valence-corrected chi connectivity index (χ4v) is 2.82. The lowest BCUT2D eigenvalue weighted by Crippen LogP contribution is -2.37. The monoisotopic (exact) mass is 291 g/mol. The van der Waals surface area contributed by atoms with Gasteiger partial charge in [-0.25, -0.2) is 0 Å². The molecule has 2 unspecified atom stereocenters. The molecule has 0 aromatic heterocycles. The van der Waals surface area contributed by atoms with Crippen LogP contribution in [0.5, 0.6) is 0 Å². The van der Waals surface area contributed by atoms with Gasteiger partial charge >= 0.3 is 0 Å². The van der Waals surface area contributed by atoms with Crippen molar-refractivity contribution in [1.29, 1.82) is 0 Å². The Kier molecular flexibility index (Phi) is 8.63. The van der Waals surface area contributed by atoms with E-state index in [4.69, 9.17) is 4.74 Å². The van der Waals surface area contributed by atoms with Crippen LogP contribution in [0, 0.1) is 5.92 Å². The molecule has 1 N–H and O–H groups in total. The summed E-state index contributed by atoms with van der Waals surface area (Å²) in [5.74, 6) is 0.495. The van der Waals surface area contributed by atoms with E-state index >= 15 is 0 Å². The van der Waals surface area contributed by atoms with Gasteiger partial charge in [-0.3, -0.25) is 0 Å². The third-order valence-corrected chi connectivity index (χ3v) is 3.81. The van der Waals surface area contributed by atoms with Gasteiger partial charge in [0.15, 0.2) is 0 Å². The Morgan fingerprint density at radius 2 is 1.86 bits per heavy atom. The lowest BCUT2D eigenvalue weighted by Gasteiger charge is -2.31. The van der Waals surface area contributed by atoms with E-state index < -0.39 is 0 Å². The van der Waals surface area contributed by atoms with E-state index in [1.54, 1.807) is 0 Å². The topological polar surface area (TPSA) is 21.3 Å². The Hall–Kier alpha value is -0.860. The molecule has 0 amide bonds. The first-order chi connectivity index (χ1) is 10.1. The number of hydrogen-bond donors (Lipinski definition) is 1. The maximum absolute atomic E-state index is 6.05. The van der Waals surface area contributed by atoms with Crippen molar-refractivity contribution in [2.45, 2.75) is 66.0 Å². The number of aryl methyl sites for hydroxylation is 1. The second-order valence-electron chi connectivity index (χ2n) is 6.09. The molecule has 1 aromatic rings. The average molecular weight is 291 g/mol. The van der Waals surface area contributed by atoms with Gasteiger partial charge < -0.3 is 10.1 Å². The van der Waals surface area contributed by atoms with Crippen molar-refractivity contribution in [2.24, 2.45) is 5.92 Å². The average Bonchev–Trinajstić information content (AvgIpc) is 2.47. The van der Waals surface area contributed by atoms with E-state index in [0.29, 0.717) is 5.92 Å². The van der Waals surface area contributed by atoms with Crippen molar-refractivity contribution in [2.75, 3.05) is 13.2 Å². The fraction of sp³-hybridized carbons (Fsp3) is 0.684. The number of benzene rings is 1.